The van der Waals surface area contributed by atoms with Crippen molar-refractivity contribution in [2.24, 2.45) is 0 Å². The number of aromatic nitrogens is 1. The number of urea groups is 1. The molecule has 1 fully saturated rings. The number of hydrogen-bond acceptors (Lipinski definition) is 3. The molecule has 128 valence electrons. The predicted octanol–water partition coefficient (Wildman–Crippen LogP) is 3.81. The van der Waals surface area contributed by atoms with Gasteiger partial charge in [-0.25, -0.2) is 9.18 Å². The summed E-state index contributed by atoms with van der Waals surface area (Å²) in [6.45, 7) is 3.17. The highest BCUT2D eigenvalue weighted by molar-refractivity contribution is 5.75. The number of nitrogens with one attached hydrogen (secondary N) is 1. The van der Waals surface area contributed by atoms with E-state index >= 15 is 0 Å². The molecule has 2 aromatic rings. The van der Waals surface area contributed by atoms with Gasteiger partial charge in [0.2, 0.25) is 0 Å². The summed E-state index contributed by atoms with van der Waals surface area (Å²) in [6.07, 6.45) is 3.70. The Morgan fingerprint density at radius 3 is 2.96 bits per heavy atom. The van der Waals surface area contributed by atoms with E-state index < -0.39 is 0 Å². The Hall–Kier alpha value is -2.37. The molecule has 6 heteroatoms. The zero-order valence-corrected chi connectivity index (χ0v) is 13.8. The van der Waals surface area contributed by atoms with E-state index in [4.69, 9.17) is 4.52 Å². The van der Waals surface area contributed by atoms with Gasteiger partial charge in [0.1, 0.15) is 17.3 Å². The SMILES string of the molecule is CCCc1cc([C@H]2CCCN2C(=O)NCc2ccc(F)cc2)no1. The molecule has 0 saturated carbocycles. The number of carbonyl (C=O) groups is 1. The summed E-state index contributed by atoms with van der Waals surface area (Å²) in [5.41, 5.74) is 1.69. The number of benzene rings is 1. The van der Waals surface area contributed by atoms with E-state index in [1.165, 1.54) is 12.1 Å². The second kappa shape index (κ2) is 7.47. The van der Waals surface area contributed by atoms with Crippen LogP contribution in [0, 0.1) is 5.82 Å². The Morgan fingerprint density at radius 2 is 2.21 bits per heavy atom. The molecule has 1 aromatic heterocycles. The van der Waals surface area contributed by atoms with Crippen molar-refractivity contribution in [3.8, 4) is 0 Å². The first kappa shape index (κ1) is 16.5. The Kier molecular flexibility index (Phi) is 5.13. The van der Waals surface area contributed by atoms with Gasteiger partial charge in [0.25, 0.3) is 0 Å². The topological polar surface area (TPSA) is 58.4 Å². The summed E-state index contributed by atoms with van der Waals surface area (Å²) in [4.78, 5) is 14.3. The van der Waals surface area contributed by atoms with E-state index in [0.717, 1.165) is 42.7 Å². The van der Waals surface area contributed by atoms with Gasteiger partial charge >= 0.3 is 6.03 Å². The molecule has 2 amide bonds. The van der Waals surface area contributed by atoms with Crippen molar-refractivity contribution >= 4 is 6.03 Å². The van der Waals surface area contributed by atoms with Crippen molar-refractivity contribution in [1.82, 2.24) is 15.4 Å². The third-order valence-electron chi connectivity index (χ3n) is 4.29. The summed E-state index contributed by atoms with van der Waals surface area (Å²) in [6, 6.07) is 7.93. The molecule has 1 aliphatic rings. The number of nitrogens with zero attached hydrogens (tertiary/aromatic N) is 2. The third kappa shape index (κ3) is 3.75. The van der Waals surface area contributed by atoms with Crippen LogP contribution in [0.5, 0.6) is 0 Å². The van der Waals surface area contributed by atoms with E-state index in [9.17, 15) is 9.18 Å². The molecule has 0 spiro atoms. The first-order chi connectivity index (χ1) is 11.7. The van der Waals surface area contributed by atoms with Crippen molar-refractivity contribution in [3.05, 3.63) is 53.2 Å². The predicted molar refractivity (Wildman–Crippen MR) is 87.8 cm³/mol. The molecule has 24 heavy (non-hydrogen) atoms. The number of halogens is 1. The molecule has 1 saturated heterocycles. The quantitative estimate of drug-likeness (QED) is 0.906. The molecule has 0 aliphatic carbocycles. The Bertz CT molecular complexity index is 684. The average molecular weight is 331 g/mol. The second-order valence-electron chi connectivity index (χ2n) is 6.10. The Balaban J connectivity index is 1.61. The minimum absolute atomic E-state index is 0.0347. The summed E-state index contributed by atoms with van der Waals surface area (Å²) in [5.74, 6) is 0.588. The van der Waals surface area contributed by atoms with Gasteiger partial charge in [-0.3, -0.25) is 0 Å². The first-order valence-electron chi connectivity index (χ1n) is 8.41. The van der Waals surface area contributed by atoms with E-state index in [-0.39, 0.29) is 17.9 Å². The minimum Gasteiger partial charge on any atom is -0.361 e. The monoisotopic (exact) mass is 331 g/mol. The van der Waals surface area contributed by atoms with Crippen LogP contribution in [-0.4, -0.2) is 22.6 Å². The Morgan fingerprint density at radius 1 is 1.42 bits per heavy atom. The lowest BCUT2D eigenvalue weighted by molar-refractivity contribution is 0.190. The van der Waals surface area contributed by atoms with Crippen molar-refractivity contribution in [2.45, 2.75) is 45.2 Å². The molecule has 0 radical (unpaired) electrons. The second-order valence-corrected chi connectivity index (χ2v) is 6.10. The highest BCUT2D eigenvalue weighted by Crippen LogP contribution is 2.31. The van der Waals surface area contributed by atoms with Gasteiger partial charge in [-0.2, -0.15) is 0 Å². The van der Waals surface area contributed by atoms with E-state index in [1.807, 2.05) is 6.07 Å². The fourth-order valence-electron chi connectivity index (χ4n) is 3.05. The first-order valence-corrected chi connectivity index (χ1v) is 8.41. The van der Waals surface area contributed by atoms with E-state index in [1.54, 1.807) is 17.0 Å². The fraction of sp³-hybridized carbons (Fsp3) is 0.444. The summed E-state index contributed by atoms with van der Waals surface area (Å²) in [7, 11) is 0. The van der Waals surface area contributed by atoms with Gasteiger partial charge < -0.3 is 14.7 Å². The molecule has 1 N–H and O–H groups in total. The summed E-state index contributed by atoms with van der Waals surface area (Å²) in [5, 5.41) is 7.04. The minimum atomic E-state index is -0.279. The van der Waals surface area contributed by atoms with E-state index in [0.29, 0.717) is 13.1 Å². The molecule has 3 rings (SSSR count). The zero-order valence-electron chi connectivity index (χ0n) is 13.8. The van der Waals surface area contributed by atoms with Crippen LogP contribution < -0.4 is 5.32 Å². The molecular formula is C18H22FN3O2. The van der Waals surface area contributed by atoms with Gasteiger partial charge in [0.15, 0.2) is 0 Å². The van der Waals surface area contributed by atoms with E-state index in [2.05, 4.69) is 17.4 Å². The fourth-order valence-corrected chi connectivity index (χ4v) is 3.05. The zero-order chi connectivity index (χ0) is 16.9. The molecule has 0 bridgehead atoms. The lowest BCUT2D eigenvalue weighted by Gasteiger charge is -2.23. The van der Waals surface area contributed by atoms with Crippen molar-refractivity contribution in [1.29, 1.82) is 0 Å². The van der Waals surface area contributed by atoms with Crippen LogP contribution in [-0.2, 0) is 13.0 Å². The number of likely N-dealkylation sites (tertiary alicyclic amines) is 1. The maximum Gasteiger partial charge on any atom is 0.318 e. The highest BCUT2D eigenvalue weighted by Gasteiger charge is 2.32. The van der Waals surface area contributed by atoms with Gasteiger partial charge in [-0.1, -0.05) is 24.2 Å². The van der Waals surface area contributed by atoms with Crippen LogP contribution >= 0.6 is 0 Å². The van der Waals surface area contributed by atoms with Crippen LogP contribution in [0.3, 0.4) is 0 Å². The number of carbonyl (C=O) groups excluding carboxylic acids is 1. The number of aryl methyl sites for hydroxylation is 1. The molecule has 0 unspecified atom stereocenters. The number of amides is 2. The maximum absolute atomic E-state index is 12.9. The van der Waals surface area contributed by atoms with Crippen LogP contribution in [0.25, 0.3) is 0 Å². The van der Waals surface area contributed by atoms with Gasteiger partial charge in [-0.05, 0) is 37.0 Å². The standard InChI is InChI=1S/C18H22FN3O2/c1-2-4-15-11-16(21-24-15)17-5-3-10-22(17)18(23)20-12-13-6-8-14(19)9-7-13/h6-9,11,17H,2-5,10,12H2,1H3,(H,20,23)/t17-/m1/s1. The van der Waals surface area contributed by atoms with Gasteiger partial charge in [0.05, 0.1) is 6.04 Å². The third-order valence-corrected chi connectivity index (χ3v) is 4.29. The van der Waals surface area contributed by atoms with Crippen molar-refractivity contribution in [2.75, 3.05) is 6.54 Å². The number of rotatable bonds is 5. The van der Waals surface area contributed by atoms with Crippen molar-refractivity contribution < 1.29 is 13.7 Å². The summed E-state index contributed by atoms with van der Waals surface area (Å²) < 4.78 is 18.3. The smallest absolute Gasteiger partial charge is 0.318 e. The molecule has 1 atom stereocenters. The molecular weight excluding hydrogens is 309 g/mol. The van der Waals surface area contributed by atoms with Crippen molar-refractivity contribution in [3.63, 3.8) is 0 Å². The summed E-state index contributed by atoms with van der Waals surface area (Å²) >= 11 is 0. The normalized spacial score (nSPS) is 17.2. The van der Waals surface area contributed by atoms with Crippen LogP contribution in [0.15, 0.2) is 34.9 Å². The van der Waals surface area contributed by atoms with Crippen LogP contribution in [0.1, 0.15) is 49.2 Å². The lowest BCUT2D eigenvalue weighted by atomic mass is 10.1. The molecule has 1 aromatic carbocycles. The largest absolute Gasteiger partial charge is 0.361 e. The molecule has 2 heterocycles. The van der Waals surface area contributed by atoms with Gasteiger partial charge in [-0.15, -0.1) is 0 Å². The number of hydrogen-bond donors (Lipinski definition) is 1. The lowest BCUT2D eigenvalue weighted by Crippen LogP contribution is -2.39. The Labute approximate surface area is 140 Å². The van der Waals surface area contributed by atoms with Crippen LogP contribution in [0.2, 0.25) is 0 Å². The highest BCUT2D eigenvalue weighted by atomic mass is 19.1. The average Bonchev–Trinajstić information content (AvgIpc) is 3.23. The van der Waals surface area contributed by atoms with Gasteiger partial charge in [0, 0.05) is 25.6 Å². The molecule has 1 aliphatic heterocycles. The molecule has 5 nitrogen and oxygen atoms in total. The maximum atomic E-state index is 12.9. The van der Waals surface area contributed by atoms with Crippen LogP contribution in [0.4, 0.5) is 9.18 Å².